The van der Waals surface area contributed by atoms with Gasteiger partial charge in [0.1, 0.15) is 29.9 Å². The van der Waals surface area contributed by atoms with Gasteiger partial charge >= 0.3 is 11.9 Å². The van der Waals surface area contributed by atoms with Crippen LogP contribution in [0.2, 0.25) is 0 Å². The molecule has 2 aliphatic heterocycles. The summed E-state index contributed by atoms with van der Waals surface area (Å²) in [4.78, 5) is 65.5. The monoisotopic (exact) mass is 578 g/mol. The maximum Gasteiger partial charge on any atom is 0.358 e. The number of β-lactam (4-membered cyclic amide) rings is 1. The molecule has 200 valence electrons. The highest BCUT2D eigenvalue weighted by atomic mass is 32.2. The number of allylic oxidation sites excluding steroid dienone is 1. The summed E-state index contributed by atoms with van der Waals surface area (Å²) in [6.45, 7) is 2.44. The van der Waals surface area contributed by atoms with E-state index < -0.39 is 42.0 Å². The minimum atomic E-state index is -0.948. The molecule has 4 rings (SSSR count). The summed E-state index contributed by atoms with van der Waals surface area (Å²) in [5.74, 6) is -2.33. The number of thioether (sulfide) groups is 1. The molecule has 0 radical (unpaired) electrons. The van der Waals surface area contributed by atoms with Crippen LogP contribution in [-0.4, -0.2) is 75.4 Å². The Morgan fingerprint density at radius 2 is 2.08 bits per heavy atom. The first kappa shape index (κ1) is 27.3. The average molecular weight is 579 g/mol. The molecule has 0 aliphatic carbocycles. The Hall–Kier alpha value is -3.76. The van der Waals surface area contributed by atoms with Gasteiger partial charge in [-0.15, -0.1) is 34.4 Å². The lowest BCUT2D eigenvalue weighted by atomic mass is 10.0. The van der Waals surface area contributed by atoms with Crippen LogP contribution in [0.3, 0.4) is 0 Å². The smallest absolute Gasteiger partial charge is 0.358 e. The third-order valence-electron chi connectivity index (χ3n) is 5.31. The standard InChI is InChI=1S/C22H22N6O7S3/c1-10-14(38-8-24-10)5-4-12-6-36-20-16(19(31)28(20)17(12)21(32)35-9-34-11(2)29)26-18(30)15(27-33-3)13-7-37-22(23)25-13/h4-5,7-8,16,20H,6,9H2,1-3H3,(H2,23,25)(H,26,30)/b5-4-,27-15-. The minimum absolute atomic E-state index is 0.00729. The van der Waals surface area contributed by atoms with E-state index in [9.17, 15) is 19.2 Å². The van der Waals surface area contributed by atoms with Crippen LogP contribution in [-0.2, 0) is 33.5 Å². The number of nitrogens with one attached hydrogen (secondary N) is 1. The van der Waals surface area contributed by atoms with Crippen molar-refractivity contribution < 1.29 is 33.5 Å². The Labute approximate surface area is 228 Å². The molecular formula is C22H22N6O7S3. The van der Waals surface area contributed by atoms with Gasteiger partial charge in [0.25, 0.3) is 11.8 Å². The first-order valence-electron chi connectivity index (χ1n) is 10.9. The number of fused-ring (bicyclic) bond motifs is 1. The first-order chi connectivity index (χ1) is 18.2. The van der Waals surface area contributed by atoms with Crippen LogP contribution >= 0.6 is 34.4 Å². The predicted octanol–water partition coefficient (Wildman–Crippen LogP) is 1.27. The molecule has 1 saturated heterocycles. The zero-order valence-corrected chi connectivity index (χ0v) is 22.8. The lowest BCUT2D eigenvalue weighted by Gasteiger charge is -2.49. The number of nitrogens with zero attached hydrogens (tertiary/aromatic N) is 4. The number of oxime groups is 1. The highest BCUT2D eigenvalue weighted by molar-refractivity contribution is 8.00. The van der Waals surface area contributed by atoms with Crippen molar-refractivity contribution in [3.8, 4) is 0 Å². The molecule has 0 spiro atoms. The number of nitrogen functional groups attached to an aromatic ring is 1. The normalized spacial score (nSPS) is 19.2. The molecule has 13 nitrogen and oxygen atoms in total. The van der Waals surface area contributed by atoms with Gasteiger partial charge in [0.15, 0.2) is 10.8 Å². The van der Waals surface area contributed by atoms with Crippen molar-refractivity contribution in [1.82, 2.24) is 20.2 Å². The van der Waals surface area contributed by atoms with Crippen LogP contribution in [0.4, 0.5) is 5.13 Å². The van der Waals surface area contributed by atoms with Gasteiger partial charge in [0, 0.05) is 22.9 Å². The summed E-state index contributed by atoms with van der Waals surface area (Å²) < 4.78 is 9.82. The number of esters is 2. The van der Waals surface area contributed by atoms with E-state index in [1.54, 1.807) is 23.0 Å². The third-order valence-corrected chi connectivity index (χ3v) is 8.18. The number of anilines is 1. The van der Waals surface area contributed by atoms with Gasteiger partial charge in [-0.2, -0.15) is 0 Å². The molecule has 2 aromatic heterocycles. The number of hydrogen-bond donors (Lipinski definition) is 2. The zero-order valence-electron chi connectivity index (χ0n) is 20.3. The van der Waals surface area contributed by atoms with Gasteiger partial charge in [-0.05, 0) is 18.6 Å². The molecule has 2 aliphatic rings. The van der Waals surface area contributed by atoms with E-state index in [4.69, 9.17) is 20.0 Å². The van der Waals surface area contributed by atoms with Crippen LogP contribution in [0, 0.1) is 6.92 Å². The van der Waals surface area contributed by atoms with E-state index in [-0.39, 0.29) is 22.2 Å². The van der Waals surface area contributed by atoms with E-state index in [0.717, 1.165) is 21.9 Å². The van der Waals surface area contributed by atoms with Crippen molar-refractivity contribution in [2.24, 2.45) is 5.16 Å². The number of carbonyl (C=O) groups excluding carboxylic acids is 4. The summed E-state index contributed by atoms with van der Waals surface area (Å²) in [7, 11) is 1.28. The number of thiazole rings is 2. The molecule has 16 heteroatoms. The number of carbonyl (C=O) groups is 4. The molecule has 2 atom stereocenters. The van der Waals surface area contributed by atoms with Crippen molar-refractivity contribution in [2.75, 3.05) is 25.4 Å². The van der Waals surface area contributed by atoms with Crippen LogP contribution < -0.4 is 11.1 Å². The van der Waals surface area contributed by atoms with Crippen molar-refractivity contribution in [3.63, 3.8) is 0 Å². The highest BCUT2D eigenvalue weighted by Gasteiger charge is 2.54. The summed E-state index contributed by atoms with van der Waals surface area (Å²) in [6, 6.07) is -0.948. The topological polar surface area (TPSA) is 175 Å². The van der Waals surface area contributed by atoms with E-state index in [1.165, 1.54) is 42.0 Å². The number of hydrogen-bond acceptors (Lipinski definition) is 14. The summed E-state index contributed by atoms with van der Waals surface area (Å²) in [6.07, 6.45) is 3.53. The zero-order chi connectivity index (χ0) is 27.4. The second-order valence-electron chi connectivity index (χ2n) is 7.75. The summed E-state index contributed by atoms with van der Waals surface area (Å²) in [5.41, 5.74) is 8.79. The van der Waals surface area contributed by atoms with Gasteiger partial charge in [0.05, 0.1) is 11.2 Å². The molecule has 38 heavy (non-hydrogen) atoms. The fraction of sp³-hybridized carbons (Fsp3) is 0.318. The number of aromatic nitrogens is 2. The van der Waals surface area contributed by atoms with Crippen molar-refractivity contribution in [2.45, 2.75) is 25.3 Å². The molecule has 0 bridgehead atoms. The molecule has 2 aromatic rings. The second-order valence-corrected chi connectivity index (χ2v) is 10.6. The molecule has 0 aromatic carbocycles. The molecule has 0 saturated carbocycles. The maximum absolute atomic E-state index is 13.2. The van der Waals surface area contributed by atoms with Gasteiger partial charge in [0.2, 0.25) is 6.79 Å². The van der Waals surface area contributed by atoms with Crippen LogP contribution in [0.5, 0.6) is 0 Å². The van der Waals surface area contributed by atoms with Gasteiger partial charge in [-0.25, -0.2) is 14.8 Å². The summed E-state index contributed by atoms with van der Waals surface area (Å²) in [5, 5.41) is 7.57. The Balaban J connectivity index is 1.56. The van der Waals surface area contributed by atoms with Crippen molar-refractivity contribution >= 4 is 75.1 Å². The van der Waals surface area contributed by atoms with E-state index in [1.807, 2.05) is 6.92 Å². The largest absolute Gasteiger partial charge is 0.428 e. The molecular weight excluding hydrogens is 556 g/mol. The first-order valence-corrected chi connectivity index (χ1v) is 13.7. The number of nitrogens with two attached hydrogens (primary N) is 1. The number of amides is 2. The summed E-state index contributed by atoms with van der Waals surface area (Å²) >= 11 is 3.92. The lowest BCUT2D eigenvalue weighted by molar-refractivity contribution is -0.166. The van der Waals surface area contributed by atoms with Gasteiger partial charge in [-0.1, -0.05) is 11.2 Å². The van der Waals surface area contributed by atoms with Crippen LogP contribution in [0.15, 0.2) is 33.4 Å². The molecule has 3 N–H and O–H groups in total. The highest BCUT2D eigenvalue weighted by Crippen LogP contribution is 2.41. The Morgan fingerprint density at radius 1 is 1.29 bits per heavy atom. The molecule has 2 amide bonds. The Kier molecular flexibility index (Phi) is 8.43. The van der Waals surface area contributed by atoms with Crippen LogP contribution in [0.25, 0.3) is 6.08 Å². The number of rotatable bonds is 9. The van der Waals surface area contributed by atoms with Crippen molar-refractivity contribution in [3.05, 3.63) is 44.5 Å². The minimum Gasteiger partial charge on any atom is -0.428 e. The Morgan fingerprint density at radius 3 is 2.71 bits per heavy atom. The van der Waals surface area contributed by atoms with E-state index in [2.05, 4.69) is 20.4 Å². The van der Waals surface area contributed by atoms with Gasteiger partial charge in [-0.3, -0.25) is 19.3 Å². The number of ether oxygens (including phenoxy) is 2. The van der Waals surface area contributed by atoms with Gasteiger partial charge < -0.3 is 25.4 Å². The maximum atomic E-state index is 13.2. The van der Waals surface area contributed by atoms with E-state index >= 15 is 0 Å². The molecule has 2 unspecified atom stereocenters. The quantitative estimate of drug-likeness (QED) is 0.144. The third kappa shape index (κ3) is 5.71. The average Bonchev–Trinajstić information content (AvgIpc) is 3.50. The second kappa shape index (κ2) is 11.7. The van der Waals surface area contributed by atoms with Crippen molar-refractivity contribution in [1.29, 1.82) is 0 Å². The predicted molar refractivity (Wildman–Crippen MR) is 141 cm³/mol. The van der Waals surface area contributed by atoms with E-state index in [0.29, 0.717) is 11.3 Å². The molecule has 1 fully saturated rings. The Bertz CT molecular complexity index is 1360. The SMILES string of the molecule is CO/N=C(\C(=O)NC1C(=O)N2C(C(=O)OCOC(C)=O)=C(/C=C\c3scnc3C)CSC12)c1csc(N)n1. The molecule has 4 heterocycles. The van der Waals surface area contributed by atoms with Crippen LogP contribution in [0.1, 0.15) is 23.2 Å². The lowest BCUT2D eigenvalue weighted by Crippen LogP contribution is -2.71. The fourth-order valence-corrected chi connectivity index (χ4v) is 6.10. The number of aryl methyl sites for hydroxylation is 1. The fourth-order valence-electron chi connectivity index (χ4n) is 3.54.